The van der Waals surface area contributed by atoms with Crippen LogP contribution in [0.15, 0.2) is 12.3 Å². The number of rotatable bonds is 6. The van der Waals surface area contributed by atoms with Crippen LogP contribution in [0.3, 0.4) is 0 Å². The van der Waals surface area contributed by atoms with Crippen molar-refractivity contribution in [2.24, 2.45) is 0 Å². The Morgan fingerprint density at radius 2 is 2.07 bits per heavy atom. The van der Waals surface area contributed by atoms with Crippen LogP contribution in [0.25, 0.3) is 0 Å². The highest BCUT2D eigenvalue weighted by Gasteiger charge is 2.33. The second kappa shape index (κ2) is 8.95. The first kappa shape index (κ1) is 22.0. The molecule has 0 saturated heterocycles. The molecule has 160 valence electrons. The van der Waals surface area contributed by atoms with Gasteiger partial charge in [-0.2, -0.15) is 4.39 Å². The summed E-state index contributed by atoms with van der Waals surface area (Å²) in [6, 6.07) is 1.30. The van der Waals surface area contributed by atoms with Crippen LogP contribution < -0.4 is 10.6 Å². The van der Waals surface area contributed by atoms with E-state index in [4.69, 9.17) is 11.6 Å². The molecule has 2 N–H and O–H groups in total. The number of nitrogens with zero attached hydrogens (tertiary/aromatic N) is 2. The molecular formula is C21H24ClFN4O3. The highest BCUT2D eigenvalue weighted by atomic mass is 35.5. The van der Waals surface area contributed by atoms with Gasteiger partial charge < -0.3 is 15.2 Å². The van der Waals surface area contributed by atoms with E-state index >= 15 is 0 Å². The summed E-state index contributed by atoms with van der Waals surface area (Å²) >= 11 is 6.49. The number of carbonyl (C=O) groups is 3. The summed E-state index contributed by atoms with van der Waals surface area (Å²) in [4.78, 5) is 41.9. The van der Waals surface area contributed by atoms with Crippen LogP contribution in [-0.2, 0) is 17.8 Å². The van der Waals surface area contributed by atoms with Crippen molar-refractivity contribution in [3.05, 3.63) is 45.7 Å². The molecule has 0 radical (unpaired) electrons. The number of aromatic nitrogens is 2. The maximum absolute atomic E-state index is 13.4. The average molecular weight is 435 g/mol. The van der Waals surface area contributed by atoms with Gasteiger partial charge in [0.2, 0.25) is 5.95 Å². The lowest BCUT2D eigenvalue weighted by Gasteiger charge is -2.18. The minimum Gasteiger partial charge on any atom is -0.347 e. The molecule has 0 spiro atoms. The molecule has 7 nitrogen and oxygen atoms in total. The van der Waals surface area contributed by atoms with E-state index in [9.17, 15) is 18.8 Å². The molecule has 3 heterocycles. The molecule has 0 fully saturated rings. The van der Waals surface area contributed by atoms with E-state index in [-0.39, 0.29) is 27.9 Å². The smallest absolute Gasteiger partial charge is 0.294 e. The zero-order valence-electron chi connectivity index (χ0n) is 17.1. The maximum atomic E-state index is 13.4. The third kappa shape index (κ3) is 4.23. The molecule has 1 aliphatic rings. The summed E-state index contributed by atoms with van der Waals surface area (Å²) in [7, 11) is 0. The Kier molecular flexibility index (Phi) is 6.55. The normalized spacial score (nSPS) is 14.0. The zero-order chi connectivity index (χ0) is 22.0. The Labute approximate surface area is 179 Å². The summed E-state index contributed by atoms with van der Waals surface area (Å²) in [5.74, 6) is -2.66. The van der Waals surface area contributed by atoms with Crippen molar-refractivity contribution < 1.29 is 18.8 Å². The number of ketones is 1. The fourth-order valence-corrected chi connectivity index (χ4v) is 3.86. The first-order valence-corrected chi connectivity index (χ1v) is 10.3. The van der Waals surface area contributed by atoms with E-state index in [1.165, 1.54) is 19.2 Å². The molecule has 9 heteroatoms. The minimum absolute atomic E-state index is 0.0331. The van der Waals surface area contributed by atoms with Crippen LogP contribution in [0, 0.1) is 12.9 Å². The molecular weight excluding hydrogens is 411 g/mol. The van der Waals surface area contributed by atoms with Crippen molar-refractivity contribution in [1.29, 1.82) is 0 Å². The monoisotopic (exact) mass is 434 g/mol. The Hall–Kier alpha value is -2.74. The first-order chi connectivity index (χ1) is 14.2. The van der Waals surface area contributed by atoms with Crippen LogP contribution in [-0.4, -0.2) is 33.2 Å². The molecule has 1 unspecified atom stereocenters. The predicted octanol–water partition coefficient (Wildman–Crippen LogP) is 3.67. The van der Waals surface area contributed by atoms with Gasteiger partial charge in [0, 0.05) is 23.8 Å². The number of pyridine rings is 1. The lowest BCUT2D eigenvalue weighted by atomic mass is 10.1. The third-order valence-electron chi connectivity index (χ3n) is 5.27. The largest absolute Gasteiger partial charge is 0.347 e. The number of amides is 2. The molecule has 30 heavy (non-hydrogen) atoms. The Morgan fingerprint density at radius 3 is 2.73 bits per heavy atom. The highest BCUT2D eigenvalue weighted by Crippen LogP contribution is 2.33. The molecule has 1 aliphatic heterocycles. The van der Waals surface area contributed by atoms with Gasteiger partial charge in [0.05, 0.1) is 22.5 Å². The number of fused-ring (bicyclic) bond motifs is 1. The fraction of sp³-hybridized carbons (Fsp3) is 0.429. The van der Waals surface area contributed by atoms with Crippen molar-refractivity contribution in [2.75, 3.05) is 5.32 Å². The zero-order valence-corrected chi connectivity index (χ0v) is 17.9. The van der Waals surface area contributed by atoms with E-state index in [1.807, 2.05) is 6.92 Å². The standard InChI is InChI=1S/C21H24ClFN4O3/c1-4-12(3)25-21(30)18(28)17-16(22)15(14-7-5-6-8-27(14)17)20(29)26-13-9-11(2)19(23)24-10-13/h9-10,12H,4-8H2,1-3H3,(H,25,30)(H,26,29). The van der Waals surface area contributed by atoms with Crippen molar-refractivity contribution in [3.63, 3.8) is 0 Å². The van der Waals surface area contributed by atoms with Crippen molar-refractivity contribution in [2.45, 2.75) is 59.0 Å². The molecule has 0 aromatic carbocycles. The Bertz CT molecular complexity index is 1020. The molecule has 1 atom stereocenters. The predicted molar refractivity (Wildman–Crippen MR) is 111 cm³/mol. The number of nitrogens with one attached hydrogen (secondary N) is 2. The summed E-state index contributed by atoms with van der Waals surface area (Å²) in [5, 5.41) is 5.27. The summed E-state index contributed by atoms with van der Waals surface area (Å²) in [6.45, 7) is 5.74. The molecule has 0 saturated carbocycles. The number of hydrogen-bond acceptors (Lipinski definition) is 4. The van der Waals surface area contributed by atoms with Gasteiger partial charge in [0.15, 0.2) is 0 Å². The average Bonchev–Trinajstić information content (AvgIpc) is 3.01. The Morgan fingerprint density at radius 1 is 1.33 bits per heavy atom. The lowest BCUT2D eigenvalue weighted by Crippen LogP contribution is -2.38. The van der Waals surface area contributed by atoms with Crippen molar-refractivity contribution in [1.82, 2.24) is 14.9 Å². The van der Waals surface area contributed by atoms with Gasteiger partial charge in [0.25, 0.3) is 17.6 Å². The number of halogens is 2. The van der Waals surface area contributed by atoms with Crippen LogP contribution in [0.1, 0.15) is 65.2 Å². The summed E-state index contributed by atoms with van der Waals surface area (Å²) in [5.41, 5.74) is 1.42. The highest BCUT2D eigenvalue weighted by molar-refractivity contribution is 6.48. The van der Waals surface area contributed by atoms with E-state index in [0.717, 1.165) is 12.8 Å². The van der Waals surface area contributed by atoms with E-state index in [2.05, 4.69) is 15.6 Å². The van der Waals surface area contributed by atoms with Crippen LogP contribution >= 0.6 is 11.6 Å². The molecule has 0 aliphatic carbocycles. The second-order valence-electron chi connectivity index (χ2n) is 7.49. The first-order valence-electron chi connectivity index (χ1n) is 9.94. The van der Waals surface area contributed by atoms with Gasteiger partial charge in [-0.15, -0.1) is 0 Å². The Balaban J connectivity index is 1.97. The van der Waals surface area contributed by atoms with E-state index < -0.39 is 23.5 Å². The molecule has 2 aromatic rings. The number of Topliss-reactive ketones (excluding diaryl/α,β-unsaturated/α-hetero) is 1. The maximum Gasteiger partial charge on any atom is 0.294 e. The van der Waals surface area contributed by atoms with Gasteiger partial charge >= 0.3 is 0 Å². The third-order valence-corrected chi connectivity index (χ3v) is 5.64. The number of hydrogen-bond donors (Lipinski definition) is 2. The summed E-state index contributed by atoms with van der Waals surface area (Å²) < 4.78 is 15.1. The van der Waals surface area contributed by atoms with E-state index in [1.54, 1.807) is 11.5 Å². The van der Waals surface area contributed by atoms with Crippen molar-refractivity contribution >= 4 is 34.9 Å². The lowest BCUT2D eigenvalue weighted by molar-refractivity contribution is -0.117. The van der Waals surface area contributed by atoms with Gasteiger partial charge in [-0.3, -0.25) is 14.4 Å². The quantitative estimate of drug-likeness (QED) is 0.412. The SMILES string of the molecule is CCC(C)NC(=O)C(=O)c1c(Cl)c(C(=O)Nc2cnc(F)c(C)c2)c2n1CCCC2. The van der Waals surface area contributed by atoms with Gasteiger partial charge in [-0.1, -0.05) is 18.5 Å². The molecule has 0 bridgehead atoms. The van der Waals surface area contributed by atoms with Crippen LogP contribution in [0.5, 0.6) is 0 Å². The fourth-order valence-electron chi connectivity index (χ4n) is 3.47. The number of anilines is 1. The number of aryl methyl sites for hydroxylation is 1. The van der Waals surface area contributed by atoms with Crippen molar-refractivity contribution in [3.8, 4) is 0 Å². The van der Waals surface area contributed by atoms with Gasteiger partial charge in [-0.25, -0.2) is 4.98 Å². The molecule has 3 rings (SSSR count). The minimum atomic E-state index is -0.762. The molecule has 2 amide bonds. The molecule has 2 aromatic heterocycles. The summed E-state index contributed by atoms with van der Waals surface area (Å²) in [6.07, 6.45) is 4.10. The van der Waals surface area contributed by atoms with Gasteiger partial charge in [-0.05, 0) is 45.6 Å². The number of carbonyl (C=O) groups excluding carboxylic acids is 3. The second-order valence-corrected chi connectivity index (χ2v) is 7.87. The van der Waals surface area contributed by atoms with Crippen LogP contribution in [0.2, 0.25) is 5.02 Å². The van der Waals surface area contributed by atoms with Crippen LogP contribution in [0.4, 0.5) is 10.1 Å². The topological polar surface area (TPSA) is 93.1 Å². The van der Waals surface area contributed by atoms with E-state index in [0.29, 0.717) is 30.8 Å². The van der Waals surface area contributed by atoms with Gasteiger partial charge in [0.1, 0.15) is 5.69 Å².